The van der Waals surface area contributed by atoms with Gasteiger partial charge in [0.25, 0.3) is 0 Å². The molecule has 0 atom stereocenters. The van der Waals surface area contributed by atoms with Crippen molar-refractivity contribution in [1.29, 1.82) is 0 Å². The van der Waals surface area contributed by atoms with Gasteiger partial charge in [-0.3, -0.25) is 4.31 Å². The van der Waals surface area contributed by atoms with E-state index in [1.807, 2.05) is 50.2 Å². The molecule has 3 rings (SSSR count). The van der Waals surface area contributed by atoms with Gasteiger partial charge in [-0.05, 0) is 75.1 Å². The van der Waals surface area contributed by atoms with Gasteiger partial charge in [-0.1, -0.05) is 5.16 Å². The van der Waals surface area contributed by atoms with Crippen molar-refractivity contribution in [2.75, 3.05) is 37.2 Å². The zero-order valence-electron chi connectivity index (χ0n) is 17.2. The smallest absolute Gasteiger partial charge is 0.162 e. The van der Waals surface area contributed by atoms with Gasteiger partial charge in [-0.2, -0.15) is 5.10 Å². The zero-order valence-corrected chi connectivity index (χ0v) is 18.0. The van der Waals surface area contributed by atoms with Crippen LogP contribution in [0.4, 0.5) is 5.82 Å². The Bertz CT molecular complexity index is 755. The molecule has 0 amide bonds. The van der Waals surface area contributed by atoms with Crippen molar-refractivity contribution in [3.8, 4) is 5.75 Å². The number of oxime groups is 1. The van der Waals surface area contributed by atoms with Gasteiger partial charge in [0, 0.05) is 31.8 Å². The normalized spacial score (nSPS) is 14.6. The molecule has 29 heavy (non-hydrogen) atoms. The molecule has 0 unspecified atom stereocenters. The first-order valence-electron chi connectivity index (χ1n) is 10.1. The SMILES string of the molecule is CCO/N=C/c1ccc(OCCCCCN2CCN(c3ccc(C)nn3)S2)cc1. The number of unbranched alkanes of at least 4 members (excludes halogenated alkanes) is 2. The van der Waals surface area contributed by atoms with Crippen LogP contribution in [0.25, 0.3) is 0 Å². The maximum Gasteiger partial charge on any atom is 0.162 e. The summed E-state index contributed by atoms with van der Waals surface area (Å²) in [6.45, 7) is 8.30. The highest BCUT2D eigenvalue weighted by Gasteiger charge is 2.22. The van der Waals surface area contributed by atoms with Crippen LogP contribution < -0.4 is 9.04 Å². The average molecular weight is 416 g/mol. The third kappa shape index (κ3) is 7.21. The molecule has 2 heterocycles. The molecule has 0 aliphatic carbocycles. The fourth-order valence-corrected chi connectivity index (χ4v) is 3.83. The van der Waals surface area contributed by atoms with Crippen LogP contribution in [-0.4, -0.2) is 53.6 Å². The Morgan fingerprint density at radius 3 is 2.69 bits per heavy atom. The second-order valence-corrected chi connectivity index (χ2v) is 7.90. The third-order valence-corrected chi connectivity index (χ3v) is 5.57. The van der Waals surface area contributed by atoms with E-state index in [-0.39, 0.29) is 0 Å². The van der Waals surface area contributed by atoms with Crippen molar-refractivity contribution in [2.24, 2.45) is 5.16 Å². The molecular formula is C21H29N5O2S. The molecule has 0 spiro atoms. The number of anilines is 1. The number of hydrogen-bond donors (Lipinski definition) is 0. The molecule has 156 valence electrons. The lowest BCUT2D eigenvalue weighted by Crippen LogP contribution is -2.14. The number of rotatable bonds is 11. The van der Waals surface area contributed by atoms with Crippen LogP contribution in [0, 0.1) is 6.92 Å². The van der Waals surface area contributed by atoms with Crippen LogP contribution in [0.3, 0.4) is 0 Å². The molecule has 0 saturated carbocycles. The van der Waals surface area contributed by atoms with E-state index in [9.17, 15) is 0 Å². The van der Waals surface area contributed by atoms with Gasteiger partial charge in [0.05, 0.1) is 18.5 Å². The van der Waals surface area contributed by atoms with Gasteiger partial charge in [0.2, 0.25) is 0 Å². The van der Waals surface area contributed by atoms with Gasteiger partial charge >= 0.3 is 0 Å². The molecule has 1 aromatic carbocycles. The van der Waals surface area contributed by atoms with Gasteiger partial charge in [0.1, 0.15) is 12.4 Å². The molecular weight excluding hydrogens is 386 g/mol. The average Bonchev–Trinajstić information content (AvgIpc) is 3.21. The Kier molecular flexibility index (Phi) is 8.58. The van der Waals surface area contributed by atoms with E-state index >= 15 is 0 Å². The first kappa shape index (κ1) is 21.4. The number of benzene rings is 1. The van der Waals surface area contributed by atoms with Crippen molar-refractivity contribution in [3.63, 3.8) is 0 Å². The highest BCUT2D eigenvalue weighted by atomic mass is 32.2. The second kappa shape index (κ2) is 11.6. The quantitative estimate of drug-likeness (QED) is 0.237. The molecule has 0 bridgehead atoms. The van der Waals surface area contributed by atoms with E-state index in [0.29, 0.717) is 6.61 Å². The van der Waals surface area contributed by atoms with Crippen LogP contribution in [0.5, 0.6) is 5.75 Å². The lowest BCUT2D eigenvalue weighted by molar-refractivity contribution is 0.160. The van der Waals surface area contributed by atoms with Crippen LogP contribution >= 0.6 is 12.1 Å². The number of nitrogens with zero attached hydrogens (tertiary/aromatic N) is 5. The number of ether oxygens (including phenoxy) is 1. The van der Waals surface area contributed by atoms with E-state index in [1.165, 1.54) is 0 Å². The van der Waals surface area contributed by atoms with E-state index in [4.69, 9.17) is 9.57 Å². The topological polar surface area (TPSA) is 63.1 Å². The molecule has 2 aromatic rings. The molecule has 7 nitrogen and oxygen atoms in total. The summed E-state index contributed by atoms with van der Waals surface area (Å²) in [5.41, 5.74) is 1.95. The molecule has 1 aliphatic rings. The summed E-state index contributed by atoms with van der Waals surface area (Å²) in [6.07, 6.45) is 5.08. The Hall–Kier alpha value is -2.32. The first-order valence-corrected chi connectivity index (χ1v) is 10.9. The van der Waals surface area contributed by atoms with Crippen molar-refractivity contribution < 1.29 is 9.57 Å². The van der Waals surface area contributed by atoms with Gasteiger partial charge in [0.15, 0.2) is 5.82 Å². The van der Waals surface area contributed by atoms with E-state index in [1.54, 1.807) is 18.3 Å². The summed E-state index contributed by atoms with van der Waals surface area (Å²) in [5.74, 6) is 1.83. The molecule has 8 heteroatoms. The van der Waals surface area contributed by atoms with E-state index in [0.717, 1.165) is 68.3 Å². The third-order valence-electron chi connectivity index (χ3n) is 4.41. The maximum absolute atomic E-state index is 5.83. The summed E-state index contributed by atoms with van der Waals surface area (Å²) >= 11 is 1.75. The summed E-state index contributed by atoms with van der Waals surface area (Å²) in [7, 11) is 0. The molecule has 1 aliphatic heterocycles. The lowest BCUT2D eigenvalue weighted by atomic mass is 10.2. The number of aromatic nitrogens is 2. The van der Waals surface area contributed by atoms with E-state index in [2.05, 4.69) is 24.0 Å². The first-order chi connectivity index (χ1) is 14.2. The number of hydrogen-bond acceptors (Lipinski definition) is 8. The van der Waals surface area contributed by atoms with Gasteiger partial charge in [-0.25, -0.2) is 4.31 Å². The Morgan fingerprint density at radius 1 is 1.07 bits per heavy atom. The van der Waals surface area contributed by atoms with Crippen LogP contribution in [0.1, 0.15) is 37.4 Å². The van der Waals surface area contributed by atoms with Crippen molar-refractivity contribution in [3.05, 3.63) is 47.7 Å². The van der Waals surface area contributed by atoms with Crippen LogP contribution in [0.15, 0.2) is 41.6 Å². The Balaban J connectivity index is 1.26. The van der Waals surface area contributed by atoms with Gasteiger partial charge < -0.3 is 9.57 Å². The summed E-state index contributed by atoms with van der Waals surface area (Å²) in [4.78, 5) is 4.96. The minimum absolute atomic E-state index is 0.577. The van der Waals surface area contributed by atoms with Crippen molar-refractivity contribution in [1.82, 2.24) is 14.5 Å². The van der Waals surface area contributed by atoms with E-state index < -0.39 is 0 Å². The summed E-state index contributed by atoms with van der Waals surface area (Å²) < 4.78 is 10.4. The highest BCUT2D eigenvalue weighted by molar-refractivity contribution is 7.98. The highest BCUT2D eigenvalue weighted by Crippen LogP contribution is 2.28. The largest absolute Gasteiger partial charge is 0.494 e. The minimum Gasteiger partial charge on any atom is -0.494 e. The molecule has 1 aromatic heterocycles. The monoisotopic (exact) mass is 415 g/mol. The predicted molar refractivity (Wildman–Crippen MR) is 118 cm³/mol. The summed E-state index contributed by atoms with van der Waals surface area (Å²) in [5, 5.41) is 12.3. The lowest BCUT2D eigenvalue weighted by Gasteiger charge is -2.16. The van der Waals surface area contributed by atoms with Crippen LogP contribution in [-0.2, 0) is 4.84 Å². The van der Waals surface area contributed by atoms with Gasteiger partial charge in [-0.15, -0.1) is 5.10 Å². The minimum atomic E-state index is 0.577. The zero-order chi connectivity index (χ0) is 20.3. The number of aryl methyl sites for hydroxylation is 1. The maximum atomic E-state index is 5.83. The molecule has 0 N–H and O–H groups in total. The van der Waals surface area contributed by atoms with Crippen LogP contribution in [0.2, 0.25) is 0 Å². The standard InChI is InChI=1S/C21H29N5O2S/c1-3-28-22-17-19-8-10-20(11-9-19)27-16-6-4-5-13-25-14-15-26(29-25)21-12-7-18(2)23-24-21/h7-12,17H,3-6,13-16H2,1-2H3/b22-17+. The molecule has 1 fully saturated rings. The fourth-order valence-electron chi connectivity index (χ4n) is 2.84. The summed E-state index contributed by atoms with van der Waals surface area (Å²) in [6, 6.07) is 11.9. The fraction of sp³-hybridized carbons (Fsp3) is 0.476. The second-order valence-electron chi connectivity index (χ2n) is 6.78. The van der Waals surface area contributed by atoms with Crippen molar-refractivity contribution >= 4 is 24.2 Å². The Morgan fingerprint density at radius 2 is 1.93 bits per heavy atom. The van der Waals surface area contributed by atoms with Crippen molar-refractivity contribution in [2.45, 2.75) is 33.1 Å². The molecule has 1 saturated heterocycles. The Labute approximate surface area is 177 Å². The predicted octanol–water partition coefficient (Wildman–Crippen LogP) is 4.09. The molecule has 0 radical (unpaired) electrons.